The van der Waals surface area contributed by atoms with Crippen LogP contribution in [-0.2, 0) is 14.3 Å². The smallest absolute Gasteiger partial charge is 0.422 e. The molecule has 29 heavy (non-hydrogen) atoms. The van der Waals surface area contributed by atoms with E-state index in [1.54, 1.807) is 0 Å². The average Bonchev–Trinajstić information content (AvgIpc) is 2.72. The second-order valence-corrected chi connectivity index (χ2v) is 6.42. The zero-order valence-electron chi connectivity index (χ0n) is 15.1. The molecule has 0 radical (unpaired) electrons. The van der Waals surface area contributed by atoms with Gasteiger partial charge >= 0.3 is 17.3 Å². The van der Waals surface area contributed by atoms with Gasteiger partial charge in [-0.15, -0.1) is 0 Å². The summed E-state index contributed by atoms with van der Waals surface area (Å²) in [6, 6.07) is 5.18. The van der Waals surface area contributed by atoms with Gasteiger partial charge in [-0.2, -0.15) is 4.79 Å². The van der Waals surface area contributed by atoms with Crippen LogP contribution in [0.2, 0.25) is 0 Å². The SMILES string of the molecule is COC(=O)C(=[N+]=[N-])c1cc(=O)oc2cc([C@@H]3O[C@H](CO)[C@H](O)[C@H](O)[C@H]3O)ccc12. The van der Waals surface area contributed by atoms with Crippen LogP contribution < -0.4 is 5.63 Å². The highest BCUT2D eigenvalue weighted by Gasteiger charge is 2.44. The standard InChI is InChI=1S/C18H18N2O9/c1-27-18(26)13(20-19)9-5-12(22)28-10-4-7(2-3-8(9)10)17-16(25)15(24)14(23)11(6-21)29-17/h2-5,11,14-17,21,23-25H,6H2,1H3/t11-,14+,15+,16-,17+/m1/s1. The topological polar surface area (TPSA) is 183 Å². The summed E-state index contributed by atoms with van der Waals surface area (Å²) >= 11 is 0. The molecule has 11 nitrogen and oxygen atoms in total. The van der Waals surface area contributed by atoms with Crippen LogP contribution in [0.4, 0.5) is 0 Å². The molecule has 4 N–H and O–H groups in total. The molecule has 0 bridgehead atoms. The molecule has 2 heterocycles. The number of aliphatic hydroxyl groups excluding tert-OH is 4. The summed E-state index contributed by atoms with van der Waals surface area (Å²) in [5.74, 6) is -0.975. The van der Waals surface area contributed by atoms with E-state index in [0.717, 1.165) is 13.2 Å². The number of hydrogen-bond acceptors (Lipinski definition) is 9. The number of methoxy groups -OCH3 is 1. The number of nitrogens with zero attached hydrogens (tertiary/aromatic N) is 2. The van der Waals surface area contributed by atoms with E-state index in [4.69, 9.17) is 14.7 Å². The molecule has 1 aliphatic heterocycles. The van der Waals surface area contributed by atoms with Gasteiger partial charge in [-0.25, -0.2) is 9.59 Å². The van der Waals surface area contributed by atoms with E-state index in [9.17, 15) is 30.0 Å². The third-order valence-corrected chi connectivity index (χ3v) is 4.72. The summed E-state index contributed by atoms with van der Waals surface area (Å²) in [7, 11) is 1.08. The first kappa shape index (κ1) is 20.8. The molecule has 1 fully saturated rings. The monoisotopic (exact) mass is 406 g/mol. The lowest BCUT2D eigenvalue weighted by Gasteiger charge is -2.40. The van der Waals surface area contributed by atoms with Crippen LogP contribution in [0.1, 0.15) is 17.2 Å². The van der Waals surface area contributed by atoms with Crippen LogP contribution in [-0.4, -0.2) is 75.0 Å². The normalized spacial score (nSPS) is 26.7. The van der Waals surface area contributed by atoms with E-state index in [1.807, 2.05) is 0 Å². The number of fused-ring (bicyclic) bond motifs is 1. The molecule has 2 aromatic rings. The van der Waals surface area contributed by atoms with E-state index in [0.29, 0.717) is 0 Å². The number of aliphatic hydroxyl groups is 4. The van der Waals surface area contributed by atoms with Gasteiger partial charge in [0.15, 0.2) is 0 Å². The van der Waals surface area contributed by atoms with Crippen molar-refractivity contribution in [2.75, 3.05) is 13.7 Å². The van der Waals surface area contributed by atoms with Gasteiger partial charge in [0.1, 0.15) is 36.1 Å². The lowest BCUT2D eigenvalue weighted by Crippen LogP contribution is -2.55. The van der Waals surface area contributed by atoms with Crippen LogP contribution in [0.25, 0.3) is 16.5 Å². The van der Waals surface area contributed by atoms with Crippen molar-refractivity contribution in [3.05, 3.63) is 51.3 Å². The Hall–Kier alpha value is -2.92. The Balaban J connectivity index is 2.11. The van der Waals surface area contributed by atoms with E-state index in [1.165, 1.54) is 18.2 Å². The molecule has 0 spiro atoms. The Morgan fingerprint density at radius 2 is 1.93 bits per heavy atom. The molecular weight excluding hydrogens is 388 g/mol. The number of benzene rings is 1. The number of ether oxygens (including phenoxy) is 2. The van der Waals surface area contributed by atoms with Gasteiger partial charge in [0.2, 0.25) is 0 Å². The predicted molar refractivity (Wildman–Crippen MR) is 94.9 cm³/mol. The summed E-state index contributed by atoms with van der Waals surface area (Å²) < 4.78 is 15.2. The molecule has 5 atom stereocenters. The molecule has 0 unspecified atom stereocenters. The summed E-state index contributed by atoms with van der Waals surface area (Å²) in [5, 5.41) is 39.7. The number of esters is 1. The highest BCUT2D eigenvalue weighted by atomic mass is 16.5. The molecular formula is C18H18N2O9. The molecule has 1 saturated heterocycles. The Morgan fingerprint density at radius 1 is 1.21 bits per heavy atom. The van der Waals surface area contributed by atoms with Gasteiger partial charge in [-0.05, 0) is 17.7 Å². The van der Waals surface area contributed by atoms with E-state index in [2.05, 4.69) is 9.53 Å². The largest absolute Gasteiger partial charge is 0.460 e. The third-order valence-electron chi connectivity index (χ3n) is 4.72. The maximum absolute atomic E-state index is 11.9. The minimum absolute atomic E-state index is 0.0213. The zero-order valence-corrected chi connectivity index (χ0v) is 15.1. The first-order chi connectivity index (χ1) is 13.8. The van der Waals surface area contributed by atoms with E-state index < -0.39 is 54.4 Å². The summed E-state index contributed by atoms with van der Waals surface area (Å²) in [6.45, 7) is -0.594. The molecule has 154 valence electrons. The maximum atomic E-state index is 11.9. The quantitative estimate of drug-likeness (QED) is 0.154. The molecule has 1 aromatic heterocycles. The number of rotatable bonds is 4. The lowest BCUT2D eigenvalue weighted by atomic mass is 9.90. The van der Waals surface area contributed by atoms with Crippen LogP contribution >= 0.6 is 0 Å². The molecule has 0 aliphatic carbocycles. The average molecular weight is 406 g/mol. The van der Waals surface area contributed by atoms with E-state index in [-0.39, 0.29) is 22.1 Å². The van der Waals surface area contributed by atoms with E-state index >= 15 is 0 Å². The van der Waals surface area contributed by atoms with Gasteiger partial charge in [0.25, 0.3) is 0 Å². The fourth-order valence-electron chi connectivity index (χ4n) is 3.23. The molecule has 0 amide bonds. The molecule has 3 rings (SSSR count). The highest BCUT2D eigenvalue weighted by Crippen LogP contribution is 2.34. The molecule has 0 saturated carbocycles. The van der Waals surface area contributed by atoms with Crippen molar-refractivity contribution in [3.8, 4) is 0 Å². The van der Waals surface area contributed by atoms with Crippen LogP contribution in [0.15, 0.2) is 33.5 Å². The van der Waals surface area contributed by atoms with Crippen LogP contribution in [0.3, 0.4) is 0 Å². The second kappa shape index (κ2) is 8.21. The van der Waals surface area contributed by atoms with Crippen LogP contribution in [0, 0.1) is 0 Å². The minimum Gasteiger partial charge on any atom is -0.460 e. The van der Waals surface area contributed by atoms with Crippen LogP contribution in [0.5, 0.6) is 0 Å². The van der Waals surface area contributed by atoms with Crippen molar-refractivity contribution in [3.63, 3.8) is 0 Å². The van der Waals surface area contributed by atoms with Gasteiger partial charge in [-0.1, -0.05) is 6.07 Å². The van der Waals surface area contributed by atoms with Gasteiger partial charge in [-0.3, -0.25) is 0 Å². The number of carbonyl (C=O) groups is 1. The Labute approximate surface area is 163 Å². The second-order valence-electron chi connectivity index (χ2n) is 6.42. The van der Waals surface area contributed by atoms with Crippen molar-refractivity contribution < 1.29 is 43.9 Å². The van der Waals surface area contributed by atoms with Gasteiger partial charge in [0, 0.05) is 11.5 Å². The Morgan fingerprint density at radius 3 is 2.55 bits per heavy atom. The first-order valence-corrected chi connectivity index (χ1v) is 8.51. The summed E-state index contributed by atoms with van der Waals surface area (Å²) in [5.41, 5.74) is 8.02. The number of carbonyl (C=O) groups excluding carboxylic acids is 1. The zero-order chi connectivity index (χ0) is 21.3. The van der Waals surface area contributed by atoms with Gasteiger partial charge in [0.05, 0.1) is 19.3 Å². The fourth-order valence-corrected chi connectivity index (χ4v) is 3.23. The van der Waals surface area contributed by atoms with Crippen molar-refractivity contribution in [1.29, 1.82) is 0 Å². The molecule has 1 aromatic carbocycles. The lowest BCUT2D eigenvalue weighted by molar-refractivity contribution is -0.231. The molecule has 1 aliphatic rings. The first-order valence-electron chi connectivity index (χ1n) is 8.51. The summed E-state index contributed by atoms with van der Waals surface area (Å²) in [6.07, 6.45) is -6.87. The highest BCUT2D eigenvalue weighted by molar-refractivity contribution is 6.42. The van der Waals surface area contributed by atoms with Crippen molar-refractivity contribution >= 4 is 22.7 Å². The van der Waals surface area contributed by atoms with Crippen molar-refractivity contribution in [1.82, 2.24) is 0 Å². The van der Waals surface area contributed by atoms with Gasteiger partial charge < -0.3 is 39.8 Å². The number of hydrogen-bond donors (Lipinski definition) is 4. The van der Waals surface area contributed by atoms with Crippen molar-refractivity contribution in [2.24, 2.45) is 0 Å². The Kier molecular flexibility index (Phi) is 5.89. The van der Waals surface area contributed by atoms with Crippen molar-refractivity contribution in [2.45, 2.75) is 30.5 Å². The predicted octanol–water partition coefficient (Wildman–Crippen LogP) is -1.50. The minimum atomic E-state index is -1.58. The third kappa shape index (κ3) is 3.70. The Bertz CT molecular complexity index is 1040. The molecule has 11 heteroatoms. The maximum Gasteiger partial charge on any atom is 0.422 e. The summed E-state index contributed by atoms with van der Waals surface area (Å²) in [4.78, 5) is 26.6. The fraction of sp³-hybridized carbons (Fsp3) is 0.389.